The minimum atomic E-state index is 0.542. The number of rotatable bonds is 4. The molecular weight excluding hydrogens is 268 g/mol. The Morgan fingerprint density at radius 3 is 3.10 bits per heavy atom. The maximum Gasteiger partial charge on any atom is 0.0795 e. The third-order valence-corrected chi connectivity index (χ3v) is 4.46. The van der Waals surface area contributed by atoms with Crippen molar-refractivity contribution in [2.24, 2.45) is 0 Å². The fourth-order valence-corrected chi connectivity index (χ4v) is 3.36. The van der Waals surface area contributed by atoms with Gasteiger partial charge in [0.1, 0.15) is 0 Å². The smallest absolute Gasteiger partial charge is 0.0795 e. The molecule has 0 saturated carbocycles. The normalized spacial score (nSPS) is 19.4. The third kappa shape index (κ3) is 2.99. The molecule has 5 heteroatoms. The van der Waals surface area contributed by atoms with E-state index in [1.807, 2.05) is 12.6 Å². The molecule has 4 nitrogen and oxygen atoms in total. The number of nitrogens with one attached hydrogen (secondary N) is 1. The zero-order valence-electron chi connectivity index (χ0n) is 12.0. The van der Waals surface area contributed by atoms with Gasteiger partial charge in [-0.15, -0.1) is 11.3 Å². The Hall–Kier alpha value is -1.46. The summed E-state index contributed by atoms with van der Waals surface area (Å²) in [5.41, 5.74) is 6.55. The highest BCUT2D eigenvalue weighted by molar-refractivity contribution is 7.07. The second-order valence-corrected chi connectivity index (χ2v) is 6.09. The number of nitrogens with zero attached hydrogens (tertiary/aromatic N) is 3. The van der Waals surface area contributed by atoms with Crippen LogP contribution in [0.4, 0.5) is 5.69 Å². The van der Waals surface area contributed by atoms with Crippen molar-refractivity contribution in [2.45, 2.75) is 25.8 Å². The number of anilines is 1. The summed E-state index contributed by atoms with van der Waals surface area (Å²) in [7, 11) is 1.96. The SMILES string of the molecule is CNc1cc(C)nc(C2CCN(Cc3cscn3)C2)c1. The molecule has 1 saturated heterocycles. The first-order valence-corrected chi connectivity index (χ1v) is 7.94. The predicted molar refractivity (Wildman–Crippen MR) is 83.3 cm³/mol. The zero-order valence-corrected chi connectivity index (χ0v) is 12.8. The molecule has 0 aromatic carbocycles. The first-order chi connectivity index (χ1) is 9.74. The lowest BCUT2D eigenvalue weighted by Crippen LogP contribution is -2.20. The van der Waals surface area contributed by atoms with Crippen LogP contribution in [0.5, 0.6) is 0 Å². The summed E-state index contributed by atoms with van der Waals surface area (Å²) < 4.78 is 0. The standard InChI is InChI=1S/C15H20N4S/c1-11-5-13(16-2)6-15(18-11)12-3-4-19(7-12)8-14-9-20-10-17-14/h5-6,9-10,12H,3-4,7-8H2,1-2H3,(H,16,18). The van der Waals surface area contributed by atoms with Crippen LogP contribution in [0.3, 0.4) is 0 Å². The molecule has 0 amide bonds. The molecule has 1 aliphatic rings. The highest BCUT2D eigenvalue weighted by atomic mass is 32.1. The van der Waals surface area contributed by atoms with Gasteiger partial charge in [-0.2, -0.15) is 0 Å². The number of aryl methyl sites for hydroxylation is 1. The van der Waals surface area contributed by atoms with Crippen LogP contribution in [-0.4, -0.2) is 35.0 Å². The molecule has 0 aliphatic carbocycles. The van der Waals surface area contributed by atoms with Crippen LogP contribution in [0.2, 0.25) is 0 Å². The summed E-state index contributed by atoms with van der Waals surface area (Å²) in [6, 6.07) is 4.27. The average Bonchev–Trinajstić information content (AvgIpc) is 3.10. The summed E-state index contributed by atoms with van der Waals surface area (Å²) >= 11 is 1.67. The Balaban J connectivity index is 1.69. The van der Waals surface area contributed by atoms with Crippen molar-refractivity contribution in [2.75, 3.05) is 25.5 Å². The maximum absolute atomic E-state index is 4.72. The molecule has 1 unspecified atom stereocenters. The Labute approximate surface area is 123 Å². The summed E-state index contributed by atoms with van der Waals surface area (Å²) in [5.74, 6) is 0.542. The predicted octanol–water partition coefficient (Wildman–Crippen LogP) is 2.88. The van der Waals surface area contributed by atoms with Gasteiger partial charge in [0.25, 0.3) is 0 Å². The van der Waals surface area contributed by atoms with E-state index in [4.69, 9.17) is 4.98 Å². The quantitative estimate of drug-likeness (QED) is 0.939. The minimum Gasteiger partial charge on any atom is -0.388 e. The lowest BCUT2D eigenvalue weighted by Gasteiger charge is -2.15. The van der Waals surface area contributed by atoms with Crippen LogP contribution in [0, 0.1) is 6.92 Å². The Morgan fingerprint density at radius 2 is 2.35 bits per heavy atom. The molecule has 1 fully saturated rings. The molecule has 20 heavy (non-hydrogen) atoms. The number of pyridine rings is 1. The van der Waals surface area contributed by atoms with Crippen molar-refractivity contribution in [3.05, 3.63) is 40.1 Å². The molecule has 3 heterocycles. The van der Waals surface area contributed by atoms with Gasteiger partial charge in [-0.05, 0) is 32.0 Å². The van der Waals surface area contributed by atoms with E-state index in [0.29, 0.717) is 5.92 Å². The number of hydrogen-bond donors (Lipinski definition) is 1. The molecule has 1 N–H and O–H groups in total. The number of hydrogen-bond acceptors (Lipinski definition) is 5. The van der Waals surface area contributed by atoms with E-state index < -0.39 is 0 Å². The van der Waals surface area contributed by atoms with E-state index >= 15 is 0 Å². The van der Waals surface area contributed by atoms with Crippen LogP contribution in [0.15, 0.2) is 23.0 Å². The van der Waals surface area contributed by atoms with Gasteiger partial charge in [-0.1, -0.05) is 0 Å². The monoisotopic (exact) mass is 288 g/mol. The number of likely N-dealkylation sites (tertiary alicyclic amines) is 1. The molecule has 0 spiro atoms. The molecule has 0 bridgehead atoms. The summed E-state index contributed by atoms with van der Waals surface area (Å²) in [6.07, 6.45) is 1.18. The van der Waals surface area contributed by atoms with Crippen LogP contribution < -0.4 is 5.32 Å². The van der Waals surface area contributed by atoms with Gasteiger partial charge in [-0.3, -0.25) is 9.88 Å². The van der Waals surface area contributed by atoms with E-state index in [-0.39, 0.29) is 0 Å². The number of thiazole rings is 1. The largest absolute Gasteiger partial charge is 0.388 e. The van der Waals surface area contributed by atoms with E-state index in [0.717, 1.165) is 31.0 Å². The van der Waals surface area contributed by atoms with Crippen LogP contribution in [0.1, 0.15) is 29.4 Å². The molecular formula is C15H20N4S. The van der Waals surface area contributed by atoms with Crippen molar-refractivity contribution in [1.82, 2.24) is 14.9 Å². The second kappa shape index (κ2) is 5.89. The van der Waals surface area contributed by atoms with E-state index in [9.17, 15) is 0 Å². The van der Waals surface area contributed by atoms with Crippen molar-refractivity contribution < 1.29 is 0 Å². The lowest BCUT2D eigenvalue weighted by molar-refractivity contribution is 0.323. The average molecular weight is 288 g/mol. The fraction of sp³-hybridized carbons (Fsp3) is 0.467. The fourth-order valence-electron chi connectivity index (χ4n) is 2.81. The highest BCUT2D eigenvalue weighted by Gasteiger charge is 2.25. The van der Waals surface area contributed by atoms with Gasteiger partial charge in [0.15, 0.2) is 0 Å². The second-order valence-electron chi connectivity index (χ2n) is 5.37. The topological polar surface area (TPSA) is 41.1 Å². The molecule has 2 aromatic heterocycles. The van der Waals surface area contributed by atoms with Crippen molar-refractivity contribution in [1.29, 1.82) is 0 Å². The van der Waals surface area contributed by atoms with E-state index in [1.165, 1.54) is 17.8 Å². The zero-order chi connectivity index (χ0) is 13.9. The van der Waals surface area contributed by atoms with Crippen LogP contribution >= 0.6 is 11.3 Å². The van der Waals surface area contributed by atoms with Crippen molar-refractivity contribution in [3.8, 4) is 0 Å². The molecule has 2 aromatic rings. The van der Waals surface area contributed by atoms with Crippen molar-refractivity contribution in [3.63, 3.8) is 0 Å². The Kier molecular flexibility index (Phi) is 3.98. The van der Waals surface area contributed by atoms with E-state index in [2.05, 4.69) is 39.6 Å². The van der Waals surface area contributed by atoms with Gasteiger partial charge in [0.05, 0.1) is 11.2 Å². The first kappa shape index (κ1) is 13.5. The lowest BCUT2D eigenvalue weighted by atomic mass is 10.0. The Morgan fingerprint density at radius 1 is 1.45 bits per heavy atom. The summed E-state index contributed by atoms with van der Waals surface area (Å²) in [6.45, 7) is 5.24. The molecule has 1 atom stereocenters. The first-order valence-electron chi connectivity index (χ1n) is 7.00. The third-order valence-electron chi connectivity index (χ3n) is 3.82. The van der Waals surface area contributed by atoms with Gasteiger partial charge < -0.3 is 5.32 Å². The summed E-state index contributed by atoms with van der Waals surface area (Å²) in [4.78, 5) is 11.6. The Bertz CT molecular complexity index is 567. The van der Waals surface area contributed by atoms with Crippen LogP contribution in [0.25, 0.3) is 0 Å². The number of aromatic nitrogens is 2. The molecule has 0 radical (unpaired) electrons. The van der Waals surface area contributed by atoms with Crippen LogP contribution in [-0.2, 0) is 6.54 Å². The maximum atomic E-state index is 4.72. The van der Waals surface area contributed by atoms with Gasteiger partial charge in [-0.25, -0.2) is 4.98 Å². The summed E-state index contributed by atoms with van der Waals surface area (Å²) in [5, 5.41) is 5.35. The van der Waals surface area contributed by atoms with Crippen molar-refractivity contribution >= 4 is 17.0 Å². The van der Waals surface area contributed by atoms with Gasteiger partial charge in [0.2, 0.25) is 0 Å². The van der Waals surface area contributed by atoms with Gasteiger partial charge >= 0.3 is 0 Å². The minimum absolute atomic E-state index is 0.542. The van der Waals surface area contributed by atoms with E-state index in [1.54, 1.807) is 11.3 Å². The molecule has 106 valence electrons. The highest BCUT2D eigenvalue weighted by Crippen LogP contribution is 2.28. The molecule has 1 aliphatic heterocycles. The van der Waals surface area contributed by atoms with Gasteiger partial charge in [0, 0.05) is 48.5 Å². The molecule has 3 rings (SSSR count).